The third-order valence-corrected chi connectivity index (χ3v) is 4.11. The second-order valence-electron chi connectivity index (χ2n) is 4.25. The lowest BCUT2D eigenvalue weighted by Crippen LogP contribution is -2.51. The zero-order chi connectivity index (χ0) is 11.5. The molecular weight excluding hydrogens is 208 g/mol. The quantitative estimate of drug-likeness (QED) is 0.834. The molecule has 4 heteroatoms. The highest BCUT2D eigenvalue weighted by Crippen LogP contribution is 2.24. The number of aliphatic hydroxyl groups is 1. The van der Waals surface area contributed by atoms with Crippen LogP contribution in [0.1, 0.15) is 25.3 Å². The van der Waals surface area contributed by atoms with Gasteiger partial charge in [0, 0.05) is 23.5 Å². The van der Waals surface area contributed by atoms with Crippen LogP contribution in [0.4, 0.5) is 0 Å². The van der Waals surface area contributed by atoms with E-state index >= 15 is 0 Å². The Hall–Kier alpha value is -0.450. The highest BCUT2D eigenvalue weighted by atomic mass is 32.1. The number of likely N-dealkylation sites (N-methyl/N-ethyl adjacent to an activating group) is 1. The van der Waals surface area contributed by atoms with E-state index < -0.39 is 0 Å². The van der Waals surface area contributed by atoms with E-state index in [4.69, 9.17) is 0 Å². The normalized spacial score (nSPS) is 17.7. The van der Waals surface area contributed by atoms with Gasteiger partial charge >= 0.3 is 0 Å². The van der Waals surface area contributed by atoms with Gasteiger partial charge in [-0.1, -0.05) is 6.92 Å². The van der Waals surface area contributed by atoms with Gasteiger partial charge in [-0.25, -0.2) is 4.98 Å². The minimum absolute atomic E-state index is 0.175. The molecule has 1 aromatic heterocycles. The van der Waals surface area contributed by atoms with E-state index in [1.807, 2.05) is 19.5 Å². The largest absolute Gasteiger partial charge is 0.391 e. The molecule has 0 fully saturated rings. The van der Waals surface area contributed by atoms with Gasteiger partial charge in [0.15, 0.2) is 0 Å². The van der Waals surface area contributed by atoms with Crippen LogP contribution in [0.25, 0.3) is 0 Å². The minimum atomic E-state index is -0.372. The van der Waals surface area contributed by atoms with E-state index in [1.165, 1.54) is 0 Å². The molecule has 2 unspecified atom stereocenters. The number of nitrogens with zero attached hydrogens (tertiary/aromatic N) is 2. The first-order valence-electron chi connectivity index (χ1n) is 5.24. The van der Waals surface area contributed by atoms with E-state index in [0.717, 1.165) is 11.4 Å². The SMILES string of the molecule is CCC(C)(C(O)Cc1nccs1)N(C)C. The van der Waals surface area contributed by atoms with Crippen LogP contribution < -0.4 is 0 Å². The smallest absolute Gasteiger partial charge is 0.0951 e. The Bertz CT molecular complexity index is 287. The average Bonchev–Trinajstić information content (AvgIpc) is 2.68. The van der Waals surface area contributed by atoms with Crippen molar-refractivity contribution < 1.29 is 5.11 Å². The second-order valence-corrected chi connectivity index (χ2v) is 5.23. The molecular formula is C11H20N2OS. The summed E-state index contributed by atoms with van der Waals surface area (Å²) in [6.07, 6.45) is 2.97. The van der Waals surface area contributed by atoms with Crippen molar-refractivity contribution in [1.29, 1.82) is 0 Å². The number of rotatable bonds is 5. The first-order valence-corrected chi connectivity index (χ1v) is 6.12. The van der Waals surface area contributed by atoms with Crippen molar-refractivity contribution >= 4 is 11.3 Å². The maximum Gasteiger partial charge on any atom is 0.0951 e. The topological polar surface area (TPSA) is 36.4 Å². The van der Waals surface area contributed by atoms with E-state index in [2.05, 4.69) is 23.7 Å². The zero-order valence-corrected chi connectivity index (χ0v) is 10.7. The Labute approximate surface area is 95.8 Å². The van der Waals surface area contributed by atoms with E-state index in [0.29, 0.717) is 6.42 Å². The first-order chi connectivity index (χ1) is 7.00. The molecule has 2 atom stereocenters. The molecule has 0 saturated carbocycles. The van der Waals surface area contributed by atoms with Crippen LogP contribution in [-0.2, 0) is 6.42 Å². The summed E-state index contributed by atoms with van der Waals surface area (Å²) in [5.74, 6) is 0. The first kappa shape index (κ1) is 12.6. The second kappa shape index (κ2) is 5.05. The summed E-state index contributed by atoms with van der Waals surface area (Å²) in [4.78, 5) is 6.29. The summed E-state index contributed by atoms with van der Waals surface area (Å²) in [5, 5.41) is 13.2. The standard InChI is InChI=1S/C11H20N2OS/c1-5-11(2,13(3)4)9(14)8-10-12-6-7-15-10/h6-7,9,14H,5,8H2,1-4H3. The van der Waals surface area contributed by atoms with Crippen molar-refractivity contribution in [2.75, 3.05) is 14.1 Å². The van der Waals surface area contributed by atoms with Crippen LogP contribution in [0.5, 0.6) is 0 Å². The van der Waals surface area contributed by atoms with Gasteiger partial charge in [0.25, 0.3) is 0 Å². The van der Waals surface area contributed by atoms with Crippen molar-refractivity contribution in [3.63, 3.8) is 0 Å². The fourth-order valence-electron chi connectivity index (χ4n) is 1.59. The van der Waals surface area contributed by atoms with Crippen LogP contribution in [0.2, 0.25) is 0 Å². The molecule has 0 saturated heterocycles. The lowest BCUT2D eigenvalue weighted by molar-refractivity contribution is 0.00299. The van der Waals surface area contributed by atoms with Gasteiger partial charge in [0.05, 0.1) is 11.1 Å². The van der Waals surface area contributed by atoms with Crippen molar-refractivity contribution in [3.05, 3.63) is 16.6 Å². The molecule has 0 spiro atoms. The maximum atomic E-state index is 10.2. The molecule has 0 bridgehead atoms. The molecule has 0 aliphatic rings. The summed E-state index contributed by atoms with van der Waals surface area (Å²) in [6, 6.07) is 0. The zero-order valence-electron chi connectivity index (χ0n) is 9.90. The molecule has 0 aromatic carbocycles. The predicted octanol–water partition coefficient (Wildman–Crippen LogP) is 1.78. The number of aromatic nitrogens is 1. The summed E-state index contributed by atoms with van der Waals surface area (Å²) in [5.41, 5.74) is -0.175. The van der Waals surface area contributed by atoms with Crippen LogP contribution in [0.15, 0.2) is 11.6 Å². The molecule has 1 rings (SSSR count). The predicted molar refractivity (Wildman–Crippen MR) is 64.2 cm³/mol. The molecule has 1 N–H and O–H groups in total. The van der Waals surface area contributed by atoms with Crippen molar-refractivity contribution in [2.24, 2.45) is 0 Å². The molecule has 0 aliphatic heterocycles. The maximum absolute atomic E-state index is 10.2. The Kier molecular flexibility index (Phi) is 4.25. The molecule has 15 heavy (non-hydrogen) atoms. The third-order valence-electron chi connectivity index (χ3n) is 3.31. The van der Waals surface area contributed by atoms with Crippen LogP contribution in [0.3, 0.4) is 0 Å². The van der Waals surface area contributed by atoms with Gasteiger partial charge in [-0.05, 0) is 27.4 Å². The fourth-order valence-corrected chi connectivity index (χ4v) is 2.24. The van der Waals surface area contributed by atoms with Crippen molar-refractivity contribution in [2.45, 2.75) is 38.3 Å². The Balaban J connectivity index is 2.69. The molecule has 1 aromatic rings. The fraction of sp³-hybridized carbons (Fsp3) is 0.727. The number of hydrogen-bond acceptors (Lipinski definition) is 4. The molecule has 3 nitrogen and oxygen atoms in total. The summed E-state index contributed by atoms with van der Waals surface area (Å²) in [7, 11) is 4.02. The molecule has 1 heterocycles. The highest BCUT2D eigenvalue weighted by Gasteiger charge is 2.33. The highest BCUT2D eigenvalue weighted by molar-refractivity contribution is 7.09. The van der Waals surface area contributed by atoms with E-state index in [-0.39, 0.29) is 11.6 Å². The van der Waals surface area contributed by atoms with Gasteiger partial charge in [-0.15, -0.1) is 11.3 Å². The number of thiazole rings is 1. The van der Waals surface area contributed by atoms with Gasteiger partial charge in [0.2, 0.25) is 0 Å². The molecule has 86 valence electrons. The summed E-state index contributed by atoms with van der Waals surface area (Å²) in [6.45, 7) is 4.19. The lowest BCUT2D eigenvalue weighted by Gasteiger charge is -2.39. The van der Waals surface area contributed by atoms with Crippen LogP contribution >= 0.6 is 11.3 Å². The van der Waals surface area contributed by atoms with Crippen molar-refractivity contribution in [3.8, 4) is 0 Å². The monoisotopic (exact) mass is 228 g/mol. The van der Waals surface area contributed by atoms with E-state index in [1.54, 1.807) is 17.5 Å². The summed E-state index contributed by atoms with van der Waals surface area (Å²) < 4.78 is 0. The Morgan fingerprint density at radius 1 is 1.60 bits per heavy atom. The Morgan fingerprint density at radius 3 is 2.67 bits per heavy atom. The average molecular weight is 228 g/mol. The molecule has 0 aliphatic carbocycles. The van der Waals surface area contributed by atoms with Crippen LogP contribution in [0, 0.1) is 0 Å². The van der Waals surface area contributed by atoms with Gasteiger partial charge in [-0.2, -0.15) is 0 Å². The van der Waals surface area contributed by atoms with Crippen LogP contribution in [-0.4, -0.2) is 40.7 Å². The lowest BCUT2D eigenvalue weighted by atomic mass is 9.88. The van der Waals surface area contributed by atoms with Gasteiger partial charge in [-0.3, -0.25) is 0 Å². The van der Waals surface area contributed by atoms with E-state index in [9.17, 15) is 5.11 Å². The number of aliphatic hydroxyl groups excluding tert-OH is 1. The van der Waals surface area contributed by atoms with Gasteiger partial charge < -0.3 is 10.0 Å². The molecule has 0 radical (unpaired) electrons. The minimum Gasteiger partial charge on any atom is -0.391 e. The third kappa shape index (κ3) is 2.77. The Morgan fingerprint density at radius 2 is 2.27 bits per heavy atom. The summed E-state index contributed by atoms with van der Waals surface area (Å²) >= 11 is 1.60. The van der Waals surface area contributed by atoms with Crippen molar-refractivity contribution in [1.82, 2.24) is 9.88 Å². The number of hydrogen-bond donors (Lipinski definition) is 1. The van der Waals surface area contributed by atoms with Gasteiger partial charge in [0.1, 0.15) is 0 Å². The molecule has 0 amide bonds.